The fraction of sp³-hybridized carbons (Fsp3) is 0.318. The van der Waals surface area contributed by atoms with E-state index in [4.69, 9.17) is 20.8 Å². The molecule has 1 unspecified atom stereocenters. The van der Waals surface area contributed by atoms with Crippen molar-refractivity contribution < 1.29 is 14.1 Å². The highest BCUT2D eigenvalue weighted by molar-refractivity contribution is 6.33. The Morgan fingerprint density at radius 3 is 2.74 bits per heavy atom. The van der Waals surface area contributed by atoms with E-state index in [1.165, 1.54) is 10.5 Å². The highest BCUT2D eigenvalue weighted by Crippen LogP contribution is 2.39. The van der Waals surface area contributed by atoms with E-state index in [9.17, 15) is 4.79 Å². The van der Waals surface area contributed by atoms with Gasteiger partial charge in [0.2, 0.25) is 6.73 Å². The molecule has 1 aliphatic carbocycles. The number of hydrogen-bond donors (Lipinski definition) is 1. The molecule has 4 nitrogen and oxygen atoms in total. The number of nitrogens with one attached hydrogen (secondary N) is 1. The van der Waals surface area contributed by atoms with Gasteiger partial charge in [0.15, 0.2) is 11.3 Å². The van der Waals surface area contributed by atoms with Crippen molar-refractivity contribution in [2.75, 3.05) is 13.3 Å². The minimum atomic E-state index is -0.198. The quantitative estimate of drug-likeness (QED) is 0.708. The largest absolute Gasteiger partial charge is 0.443 e. The topological polar surface area (TPSA) is 43.9 Å². The molecular formula is C22H21ClNO3+. The van der Waals surface area contributed by atoms with Crippen LogP contribution in [0.15, 0.2) is 45.6 Å². The van der Waals surface area contributed by atoms with Gasteiger partial charge in [-0.25, -0.2) is 4.79 Å². The monoisotopic (exact) mass is 382 g/mol. The van der Waals surface area contributed by atoms with Gasteiger partial charge in [-0.05, 0) is 36.5 Å². The van der Waals surface area contributed by atoms with Crippen LogP contribution in [0.5, 0.6) is 5.75 Å². The molecule has 0 saturated carbocycles. The van der Waals surface area contributed by atoms with Crippen LogP contribution in [-0.4, -0.2) is 13.3 Å². The predicted octanol–water partition coefficient (Wildman–Crippen LogP) is 2.91. The van der Waals surface area contributed by atoms with Crippen molar-refractivity contribution in [1.29, 1.82) is 0 Å². The van der Waals surface area contributed by atoms with Crippen molar-refractivity contribution in [2.45, 2.75) is 32.2 Å². The lowest BCUT2D eigenvalue weighted by atomic mass is 10.0. The van der Waals surface area contributed by atoms with Crippen LogP contribution in [0, 0.1) is 0 Å². The summed E-state index contributed by atoms with van der Waals surface area (Å²) in [5.41, 5.74) is 4.65. The average molecular weight is 383 g/mol. The van der Waals surface area contributed by atoms with Gasteiger partial charge in [-0.3, -0.25) is 4.90 Å². The van der Waals surface area contributed by atoms with Crippen LogP contribution in [-0.2, 0) is 25.8 Å². The summed E-state index contributed by atoms with van der Waals surface area (Å²) in [7, 11) is 0. The van der Waals surface area contributed by atoms with E-state index in [1.807, 2.05) is 12.1 Å². The Morgan fingerprint density at radius 1 is 1.07 bits per heavy atom. The minimum Gasteiger partial charge on any atom is -0.443 e. The molecule has 2 aromatic carbocycles. The van der Waals surface area contributed by atoms with Crippen molar-refractivity contribution in [1.82, 2.24) is 0 Å². The number of ether oxygens (including phenoxy) is 1. The molecule has 1 aromatic heterocycles. The Balaban J connectivity index is 1.51. The fourth-order valence-electron chi connectivity index (χ4n) is 4.35. The van der Waals surface area contributed by atoms with Gasteiger partial charge in [-0.15, -0.1) is 0 Å². The number of halogens is 1. The van der Waals surface area contributed by atoms with Gasteiger partial charge in [-0.2, -0.15) is 0 Å². The molecule has 0 saturated heterocycles. The van der Waals surface area contributed by atoms with E-state index in [2.05, 4.69) is 24.3 Å². The zero-order valence-corrected chi connectivity index (χ0v) is 15.8. The molecule has 0 fully saturated rings. The predicted molar refractivity (Wildman–Crippen MR) is 105 cm³/mol. The van der Waals surface area contributed by atoms with Crippen molar-refractivity contribution in [3.05, 3.63) is 74.1 Å². The van der Waals surface area contributed by atoms with Gasteiger partial charge < -0.3 is 9.15 Å². The molecular weight excluding hydrogens is 362 g/mol. The average Bonchev–Trinajstić information content (AvgIpc) is 3.19. The molecule has 0 bridgehead atoms. The maximum Gasteiger partial charge on any atom is 0.339 e. The van der Waals surface area contributed by atoms with Crippen LogP contribution < -0.4 is 15.3 Å². The Morgan fingerprint density at radius 2 is 1.89 bits per heavy atom. The lowest BCUT2D eigenvalue weighted by Gasteiger charge is -2.27. The van der Waals surface area contributed by atoms with Gasteiger partial charge in [0.25, 0.3) is 0 Å². The third kappa shape index (κ3) is 2.93. The van der Waals surface area contributed by atoms with Crippen molar-refractivity contribution in [2.24, 2.45) is 0 Å². The van der Waals surface area contributed by atoms with Crippen LogP contribution in [0.3, 0.4) is 0 Å². The Kier molecular flexibility index (Phi) is 4.18. The number of quaternary nitrogens is 1. The summed E-state index contributed by atoms with van der Waals surface area (Å²) in [5.74, 6) is 0.675. The van der Waals surface area contributed by atoms with E-state index in [0.717, 1.165) is 60.8 Å². The van der Waals surface area contributed by atoms with Crippen LogP contribution in [0.1, 0.15) is 28.7 Å². The number of fused-ring (bicyclic) bond motifs is 5. The molecule has 0 amide bonds. The molecule has 2 heterocycles. The summed E-state index contributed by atoms with van der Waals surface area (Å²) in [6.45, 7) is 2.27. The first-order valence-electron chi connectivity index (χ1n) is 9.51. The number of aryl methyl sites for hydroxylation is 1. The van der Waals surface area contributed by atoms with E-state index in [1.54, 1.807) is 0 Å². The highest BCUT2D eigenvalue weighted by Gasteiger charge is 2.29. The fourth-order valence-corrected chi connectivity index (χ4v) is 4.62. The van der Waals surface area contributed by atoms with Crippen LogP contribution in [0.2, 0.25) is 5.02 Å². The van der Waals surface area contributed by atoms with Crippen molar-refractivity contribution in [3.8, 4) is 5.75 Å². The highest BCUT2D eigenvalue weighted by atomic mass is 35.5. The second-order valence-electron chi connectivity index (χ2n) is 7.44. The summed E-state index contributed by atoms with van der Waals surface area (Å²) >= 11 is 6.53. The van der Waals surface area contributed by atoms with Crippen LogP contribution in [0.25, 0.3) is 11.0 Å². The summed E-state index contributed by atoms with van der Waals surface area (Å²) in [6.07, 6.45) is 3.69. The first-order chi connectivity index (χ1) is 13.2. The summed E-state index contributed by atoms with van der Waals surface area (Å²) in [6, 6.07) is 12.4. The molecule has 27 heavy (non-hydrogen) atoms. The van der Waals surface area contributed by atoms with Gasteiger partial charge in [0, 0.05) is 17.4 Å². The van der Waals surface area contributed by atoms with Gasteiger partial charge in [0.1, 0.15) is 6.54 Å². The number of benzene rings is 2. The zero-order valence-electron chi connectivity index (χ0n) is 15.0. The molecule has 1 N–H and O–H groups in total. The first kappa shape index (κ1) is 16.8. The van der Waals surface area contributed by atoms with Gasteiger partial charge >= 0.3 is 5.63 Å². The van der Waals surface area contributed by atoms with E-state index < -0.39 is 0 Å². The normalized spacial score (nSPS) is 18.2. The summed E-state index contributed by atoms with van der Waals surface area (Å²) in [5, 5.41) is 1.60. The zero-order chi connectivity index (χ0) is 18.4. The summed E-state index contributed by atoms with van der Waals surface area (Å²) in [4.78, 5) is 13.7. The third-order valence-electron chi connectivity index (χ3n) is 5.72. The lowest BCUT2D eigenvalue weighted by molar-refractivity contribution is -0.932. The van der Waals surface area contributed by atoms with Crippen molar-refractivity contribution in [3.63, 3.8) is 0 Å². The van der Waals surface area contributed by atoms with E-state index in [0.29, 0.717) is 23.1 Å². The molecule has 1 atom stereocenters. The van der Waals surface area contributed by atoms with Gasteiger partial charge in [-0.1, -0.05) is 41.9 Å². The second-order valence-corrected chi connectivity index (χ2v) is 7.85. The minimum absolute atomic E-state index is 0.198. The second kappa shape index (κ2) is 6.70. The summed E-state index contributed by atoms with van der Waals surface area (Å²) < 4.78 is 11.8. The Labute approximate surface area is 162 Å². The van der Waals surface area contributed by atoms with Crippen LogP contribution >= 0.6 is 11.6 Å². The maximum atomic E-state index is 12.4. The molecule has 5 rings (SSSR count). The smallest absolute Gasteiger partial charge is 0.339 e. The van der Waals surface area contributed by atoms with E-state index >= 15 is 0 Å². The maximum absolute atomic E-state index is 12.4. The standard InChI is InChI=1S/C22H20ClNO3/c23-19-11-17-15-7-4-8-16(15)22(25)27-20(17)18-12-24(13-26-21(18)19)10-9-14-5-2-1-3-6-14/h1-3,5-6,11H,4,7-10,12-13H2/p+1. The first-order valence-corrected chi connectivity index (χ1v) is 9.89. The molecule has 138 valence electrons. The molecule has 0 spiro atoms. The van der Waals surface area contributed by atoms with Crippen LogP contribution in [0.4, 0.5) is 0 Å². The van der Waals surface area contributed by atoms with Crippen molar-refractivity contribution >= 4 is 22.6 Å². The molecule has 5 heteroatoms. The Bertz CT molecular complexity index is 1070. The van der Waals surface area contributed by atoms with Gasteiger partial charge in [0.05, 0.1) is 17.1 Å². The third-order valence-corrected chi connectivity index (χ3v) is 6.00. The SMILES string of the molecule is O=c1oc2c3c(c(Cl)cc2c2c1CCC2)OC[NH+](CCc1ccccc1)C3. The molecule has 3 aromatic rings. The van der Waals surface area contributed by atoms with E-state index in [-0.39, 0.29) is 5.63 Å². The molecule has 1 aliphatic heterocycles. The molecule has 2 aliphatic rings. The Hall–Kier alpha value is -2.30. The number of hydrogen-bond acceptors (Lipinski definition) is 3. The molecule has 0 radical (unpaired) electrons. The number of rotatable bonds is 3. The lowest BCUT2D eigenvalue weighted by Crippen LogP contribution is -3.12.